The summed E-state index contributed by atoms with van der Waals surface area (Å²) in [4.78, 5) is 12.8. The minimum atomic E-state index is 0.188. The lowest BCUT2D eigenvalue weighted by Gasteiger charge is -2.13. The third-order valence-corrected chi connectivity index (χ3v) is 4.97. The largest absolute Gasteiger partial charge is 0.349 e. The van der Waals surface area contributed by atoms with Gasteiger partial charge in [0.05, 0.1) is 5.56 Å². The number of fused-ring (bicyclic) bond motifs is 1. The summed E-state index contributed by atoms with van der Waals surface area (Å²) in [6.45, 7) is 0. The Morgan fingerprint density at radius 3 is 2.79 bits per heavy atom. The van der Waals surface area contributed by atoms with Crippen molar-refractivity contribution in [3.05, 3.63) is 27.8 Å². The predicted octanol–water partition coefficient (Wildman–Crippen LogP) is 3.55. The highest BCUT2D eigenvalue weighted by Crippen LogP contribution is 2.38. The number of allylic oxidation sites excluding steroid dienone is 2. The van der Waals surface area contributed by atoms with Crippen LogP contribution in [-0.2, 0) is 17.6 Å². The molecule has 0 aliphatic heterocycles. The Hall–Kier alpha value is -1.60. The van der Waals surface area contributed by atoms with E-state index in [-0.39, 0.29) is 5.78 Å². The Bertz CT molecular complexity index is 592. The Labute approximate surface area is 116 Å². The van der Waals surface area contributed by atoms with Gasteiger partial charge >= 0.3 is 0 Å². The molecule has 3 nitrogen and oxygen atoms in total. The maximum atomic E-state index is 11.4. The summed E-state index contributed by atoms with van der Waals surface area (Å²) < 4.78 is 0. The SMILES string of the molecule is N#Cc1c(NC2=CC(=O)CCC2)sc2c1CCCC2. The van der Waals surface area contributed by atoms with Gasteiger partial charge in [-0.15, -0.1) is 11.3 Å². The number of ketones is 1. The van der Waals surface area contributed by atoms with E-state index in [1.165, 1.54) is 23.3 Å². The molecule has 1 aromatic heterocycles. The number of carbonyl (C=O) groups excluding carboxylic acids is 1. The molecule has 0 bridgehead atoms. The fraction of sp³-hybridized carbons (Fsp3) is 0.467. The van der Waals surface area contributed by atoms with Crippen LogP contribution in [-0.4, -0.2) is 5.78 Å². The molecule has 0 unspecified atom stereocenters. The second-order valence-corrected chi connectivity index (χ2v) is 6.25. The van der Waals surface area contributed by atoms with Gasteiger partial charge in [0.15, 0.2) is 5.78 Å². The van der Waals surface area contributed by atoms with Gasteiger partial charge in [-0.1, -0.05) is 0 Å². The first-order valence-electron chi connectivity index (χ1n) is 6.83. The molecule has 0 aromatic carbocycles. The summed E-state index contributed by atoms with van der Waals surface area (Å²) in [7, 11) is 0. The van der Waals surface area contributed by atoms with E-state index in [0.717, 1.165) is 41.9 Å². The van der Waals surface area contributed by atoms with Gasteiger partial charge in [-0.3, -0.25) is 4.79 Å². The first kappa shape index (κ1) is 12.4. The average molecular weight is 272 g/mol. The average Bonchev–Trinajstić information content (AvgIpc) is 2.75. The summed E-state index contributed by atoms with van der Waals surface area (Å²) in [5, 5.41) is 13.6. The fourth-order valence-electron chi connectivity index (χ4n) is 2.81. The van der Waals surface area contributed by atoms with E-state index in [9.17, 15) is 10.1 Å². The molecule has 0 radical (unpaired) electrons. The number of aryl methyl sites for hydroxylation is 1. The molecule has 0 atom stereocenters. The highest BCUT2D eigenvalue weighted by molar-refractivity contribution is 7.16. The molecule has 19 heavy (non-hydrogen) atoms. The number of carbonyl (C=O) groups is 1. The zero-order valence-corrected chi connectivity index (χ0v) is 11.6. The topological polar surface area (TPSA) is 52.9 Å². The van der Waals surface area contributed by atoms with Gasteiger partial charge in [0, 0.05) is 23.1 Å². The lowest BCUT2D eigenvalue weighted by Crippen LogP contribution is -2.09. The molecule has 98 valence electrons. The van der Waals surface area contributed by atoms with Gasteiger partial charge in [-0.2, -0.15) is 5.26 Å². The molecule has 2 aliphatic carbocycles. The van der Waals surface area contributed by atoms with Crippen molar-refractivity contribution in [2.24, 2.45) is 0 Å². The molecule has 2 aliphatic rings. The van der Waals surface area contributed by atoms with E-state index in [1.54, 1.807) is 17.4 Å². The molecule has 0 fully saturated rings. The summed E-state index contributed by atoms with van der Waals surface area (Å²) in [5.74, 6) is 0.188. The van der Waals surface area contributed by atoms with Crippen molar-refractivity contribution in [2.75, 3.05) is 5.32 Å². The maximum absolute atomic E-state index is 11.4. The van der Waals surface area contributed by atoms with E-state index in [4.69, 9.17) is 0 Å². The van der Waals surface area contributed by atoms with Crippen LogP contribution in [0.3, 0.4) is 0 Å². The van der Waals surface area contributed by atoms with Crippen molar-refractivity contribution in [1.29, 1.82) is 5.26 Å². The Kier molecular flexibility index (Phi) is 3.39. The molecule has 0 saturated carbocycles. The number of hydrogen-bond donors (Lipinski definition) is 1. The summed E-state index contributed by atoms with van der Waals surface area (Å²) in [5.41, 5.74) is 3.01. The summed E-state index contributed by atoms with van der Waals surface area (Å²) >= 11 is 1.70. The molecule has 1 heterocycles. The lowest BCUT2D eigenvalue weighted by molar-refractivity contribution is -0.115. The number of thiophene rings is 1. The van der Waals surface area contributed by atoms with E-state index in [0.29, 0.717) is 6.42 Å². The molecule has 0 spiro atoms. The van der Waals surface area contributed by atoms with Gasteiger partial charge in [0.2, 0.25) is 0 Å². The van der Waals surface area contributed by atoms with Crippen LogP contribution in [0.25, 0.3) is 0 Å². The van der Waals surface area contributed by atoms with Crippen LogP contribution in [0.15, 0.2) is 11.8 Å². The van der Waals surface area contributed by atoms with Crippen molar-refractivity contribution >= 4 is 22.1 Å². The van der Waals surface area contributed by atoms with Gasteiger partial charge in [-0.25, -0.2) is 0 Å². The second kappa shape index (κ2) is 5.18. The smallest absolute Gasteiger partial charge is 0.157 e. The Morgan fingerprint density at radius 1 is 1.16 bits per heavy atom. The normalized spacial score (nSPS) is 18.5. The Balaban J connectivity index is 1.91. The van der Waals surface area contributed by atoms with Crippen LogP contribution < -0.4 is 5.32 Å². The first-order valence-corrected chi connectivity index (χ1v) is 7.64. The first-order chi connectivity index (χ1) is 9.28. The number of nitrogens with zero attached hydrogens (tertiary/aromatic N) is 1. The van der Waals surface area contributed by atoms with E-state index >= 15 is 0 Å². The zero-order chi connectivity index (χ0) is 13.2. The van der Waals surface area contributed by atoms with Crippen LogP contribution in [0.4, 0.5) is 5.00 Å². The molecule has 0 amide bonds. The van der Waals surface area contributed by atoms with Crippen molar-refractivity contribution in [2.45, 2.75) is 44.9 Å². The predicted molar refractivity (Wildman–Crippen MR) is 76.2 cm³/mol. The number of nitriles is 1. The molecule has 1 N–H and O–H groups in total. The summed E-state index contributed by atoms with van der Waals surface area (Å²) in [6, 6.07) is 2.34. The van der Waals surface area contributed by atoms with Crippen molar-refractivity contribution in [3.63, 3.8) is 0 Å². The third kappa shape index (κ3) is 2.43. The zero-order valence-electron chi connectivity index (χ0n) is 10.8. The number of nitrogens with one attached hydrogen (secondary N) is 1. The van der Waals surface area contributed by atoms with Crippen molar-refractivity contribution in [3.8, 4) is 6.07 Å². The molecule has 0 saturated heterocycles. The van der Waals surface area contributed by atoms with Crippen molar-refractivity contribution in [1.82, 2.24) is 0 Å². The van der Waals surface area contributed by atoms with E-state index in [1.807, 2.05) is 0 Å². The number of hydrogen-bond acceptors (Lipinski definition) is 4. The highest BCUT2D eigenvalue weighted by atomic mass is 32.1. The van der Waals surface area contributed by atoms with Crippen molar-refractivity contribution < 1.29 is 4.79 Å². The van der Waals surface area contributed by atoms with Gasteiger partial charge < -0.3 is 5.32 Å². The van der Waals surface area contributed by atoms with E-state index in [2.05, 4.69) is 11.4 Å². The van der Waals surface area contributed by atoms with Gasteiger partial charge in [0.1, 0.15) is 11.1 Å². The minimum Gasteiger partial charge on any atom is -0.349 e. The molecule has 3 rings (SSSR count). The summed E-state index contributed by atoms with van der Waals surface area (Å²) in [6.07, 6.45) is 8.67. The van der Waals surface area contributed by atoms with Crippen LogP contribution in [0.5, 0.6) is 0 Å². The van der Waals surface area contributed by atoms with Crippen LogP contribution in [0.1, 0.15) is 48.1 Å². The van der Waals surface area contributed by atoms with Crippen LogP contribution in [0.2, 0.25) is 0 Å². The lowest BCUT2D eigenvalue weighted by atomic mass is 9.96. The third-order valence-electron chi connectivity index (χ3n) is 3.76. The fourth-order valence-corrected chi connectivity index (χ4v) is 4.08. The number of rotatable bonds is 2. The Morgan fingerprint density at radius 2 is 2.00 bits per heavy atom. The van der Waals surface area contributed by atoms with Gasteiger partial charge in [0.25, 0.3) is 0 Å². The molecule has 4 heteroatoms. The molecular weight excluding hydrogens is 256 g/mol. The van der Waals surface area contributed by atoms with Crippen LogP contribution >= 0.6 is 11.3 Å². The second-order valence-electron chi connectivity index (χ2n) is 5.14. The van der Waals surface area contributed by atoms with Crippen LogP contribution in [0, 0.1) is 11.3 Å². The number of anilines is 1. The highest BCUT2D eigenvalue weighted by Gasteiger charge is 2.21. The molecular formula is C15H16N2OS. The maximum Gasteiger partial charge on any atom is 0.157 e. The minimum absolute atomic E-state index is 0.188. The monoisotopic (exact) mass is 272 g/mol. The standard InChI is InChI=1S/C15H16N2OS/c16-9-13-12-6-1-2-7-14(12)19-15(13)17-10-4-3-5-11(18)8-10/h8,17H,1-7H2. The van der Waals surface area contributed by atoms with Gasteiger partial charge in [-0.05, 0) is 44.1 Å². The molecule has 1 aromatic rings. The quantitative estimate of drug-likeness (QED) is 0.895. The van der Waals surface area contributed by atoms with E-state index < -0.39 is 0 Å².